The van der Waals surface area contributed by atoms with E-state index in [0.29, 0.717) is 37.5 Å². The number of nitrogens with two attached hydrogens (primary N) is 1. The van der Waals surface area contributed by atoms with Gasteiger partial charge in [0.15, 0.2) is 0 Å². The molecule has 1 heterocycles. The minimum atomic E-state index is -4.77. The Balaban J connectivity index is 1.31. The smallest absolute Gasteiger partial charge is 0.406 e. The predicted molar refractivity (Wildman–Crippen MR) is 116 cm³/mol. The van der Waals surface area contributed by atoms with Crippen LogP contribution in [0.1, 0.15) is 37.7 Å². The van der Waals surface area contributed by atoms with Crippen molar-refractivity contribution in [3.8, 4) is 5.75 Å². The highest BCUT2D eigenvalue weighted by atomic mass is 19.4. The molecule has 4 saturated carbocycles. The summed E-state index contributed by atoms with van der Waals surface area (Å²) in [5, 5.41) is 0. The van der Waals surface area contributed by atoms with Gasteiger partial charge in [0.1, 0.15) is 11.8 Å². The highest BCUT2D eigenvalue weighted by Gasteiger charge is 2.56. The number of rotatable bonds is 5. The number of hydrogen-bond acceptors (Lipinski definition) is 5. The molecule has 1 aromatic carbocycles. The van der Waals surface area contributed by atoms with E-state index in [1.165, 1.54) is 18.2 Å². The molecule has 2 N–H and O–H groups in total. The molecule has 4 bridgehead atoms. The maximum Gasteiger partial charge on any atom is 0.573 e. The molecule has 7 nitrogen and oxygen atoms in total. The van der Waals surface area contributed by atoms with E-state index >= 15 is 0 Å². The average molecular weight is 479 g/mol. The number of hydrogen-bond donors (Lipinski definition) is 1. The highest BCUT2D eigenvalue weighted by Crippen LogP contribution is 2.58. The van der Waals surface area contributed by atoms with Crippen LogP contribution in [0.4, 0.5) is 13.2 Å². The molecule has 1 aromatic rings. The van der Waals surface area contributed by atoms with Gasteiger partial charge in [0.05, 0.1) is 18.6 Å². The lowest BCUT2D eigenvalue weighted by Gasteiger charge is -2.55. The van der Waals surface area contributed by atoms with Gasteiger partial charge >= 0.3 is 6.36 Å². The zero-order valence-corrected chi connectivity index (χ0v) is 18.7. The molecule has 6 rings (SSSR count). The number of carbonyl (C=O) groups excluding carboxylic acids is 2. The summed E-state index contributed by atoms with van der Waals surface area (Å²) < 4.78 is 47.3. The minimum Gasteiger partial charge on any atom is -0.406 e. The van der Waals surface area contributed by atoms with E-state index in [9.17, 15) is 22.8 Å². The first-order valence-electron chi connectivity index (χ1n) is 11.7. The van der Waals surface area contributed by atoms with Crippen LogP contribution in [0.2, 0.25) is 0 Å². The van der Waals surface area contributed by atoms with Crippen molar-refractivity contribution in [3.63, 3.8) is 0 Å². The molecule has 34 heavy (non-hydrogen) atoms. The Bertz CT molecular complexity index is 993. The van der Waals surface area contributed by atoms with Crippen LogP contribution in [-0.4, -0.2) is 54.6 Å². The first kappa shape index (κ1) is 23.3. The molecule has 184 valence electrons. The van der Waals surface area contributed by atoms with Crippen LogP contribution in [-0.2, 0) is 20.9 Å². The van der Waals surface area contributed by atoms with Gasteiger partial charge in [-0.25, -0.2) is 4.99 Å². The van der Waals surface area contributed by atoms with Gasteiger partial charge in [0.2, 0.25) is 5.91 Å². The summed E-state index contributed by atoms with van der Waals surface area (Å²) in [4.78, 5) is 31.9. The van der Waals surface area contributed by atoms with Gasteiger partial charge < -0.3 is 15.2 Å². The van der Waals surface area contributed by atoms with Gasteiger partial charge in [0, 0.05) is 18.8 Å². The summed E-state index contributed by atoms with van der Waals surface area (Å²) in [6.45, 7) is 1.34. The monoisotopic (exact) mass is 479 g/mol. The first-order valence-corrected chi connectivity index (χ1v) is 11.7. The lowest BCUT2D eigenvalue weighted by Crippen LogP contribution is -2.56. The van der Waals surface area contributed by atoms with Gasteiger partial charge in [-0.15, -0.1) is 13.2 Å². The van der Waals surface area contributed by atoms with Crippen LogP contribution in [0.15, 0.2) is 29.3 Å². The maximum atomic E-state index is 13.3. The summed E-state index contributed by atoms with van der Waals surface area (Å²) in [6.07, 6.45) is -0.713. The molecule has 2 amide bonds. The van der Waals surface area contributed by atoms with Crippen LogP contribution in [0.25, 0.3) is 0 Å². The number of carbonyl (C=O) groups is 2. The molecule has 3 atom stereocenters. The number of ether oxygens (including phenoxy) is 2. The highest BCUT2D eigenvalue weighted by molar-refractivity contribution is 6.02. The molecule has 4 aliphatic carbocycles. The lowest BCUT2D eigenvalue weighted by atomic mass is 9.48. The fraction of sp³-hybridized carbons (Fsp3) is 0.625. The van der Waals surface area contributed by atoms with Crippen molar-refractivity contribution in [1.29, 1.82) is 0 Å². The summed E-state index contributed by atoms with van der Waals surface area (Å²) in [7, 11) is 0. The normalized spacial score (nSPS) is 33.1. The van der Waals surface area contributed by atoms with Crippen molar-refractivity contribution in [2.75, 3.05) is 19.8 Å². The quantitative estimate of drug-likeness (QED) is 0.701. The number of amides is 2. The molecule has 5 fully saturated rings. The average Bonchev–Trinajstić information content (AvgIpc) is 2.75. The Morgan fingerprint density at radius 3 is 2.62 bits per heavy atom. The number of benzene rings is 1. The van der Waals surface area contributed by atoms with Crippen molar-refractivity contribution in [1.82, 2.24) is 4.90 Å². The Morgan fingerprint density at radius 1 is 1.21 bits per heavy atom. The molecule has 0 aromatic heterocycles. The minimum absolute atomic E-state index is 0.108. The zero-order chi connectivity index (χ0) is 24.1. The number of morpholine rings is 1. The fourth-order valence-electron chi connectivity index (χ4n) is 6.58. The van der Waals surface area contributed by atoms with Gasteiger partial charge in [-0.1, -0.05) is 12.1 Å². The summed E-state index contributed by atoms with van der Waals surface area (Å²) in [5.41, 5.74) is 6.79. The van der Waals surface area contributed by atoms with Crippen LogP contribution in [0, 0.1) is 23.2 Å². The molecule has 1 saturated heterocycles. The summed E-state index contributed by atoms with van der Waals surface area (Å²) >= 11 is 0. The Hall–Kier alpha value is -2.46. The number of aliphatic imine (C=N–C) groups is 1. The van der Waals surface area contributed by atoms with Crippen LogP contribution in [0.5, 0.6) is 5.75 Å². The van der Waals surface area contributed by atoms with E-state index < -0.39 is 17.8 Å². The molecular weight excluding hydrogens is 451 g/mol. The van der Waals surface area contributed by atoms with Gasteiger partial charge in [-0.2, -0.15) is 0 Å². The Kier molecular flexibility index (Phi) is 5.92. The second-order valence-corrected chi connectivity index (χ2v) is 10.1. The number of nitrogens with zero attached hydrogens (tertiary/aromatic N) is 2. The third-order valence-electron chi connectivity index (χ3n) is 7.83. The molecule has 0 radical (unpaired) electrons. The fourth-order valence-corrected chi connectivity index (χ4v) is 6.58. The van der Waals surface area contributed by atoms with Crippen molar-refractivity contribution in [2.24, 2.45) is 33.9 Å². The van der Waals surface area contributed by atoms with Crippen LogP contribution >= 0.6 is 0 Å². The van der Waals surface area contributed by atoms with E-state index in [2.05, 4.69) is 9.73 Å². The van der Waals surface area contributed by atoms with Crippen LogP contribution < -0.4 is 10.5 Å². The maximum absolute atomic E-state index is 13.3. The third kappa shape index (κ3) is 4.57. The van der Waals surface area contributed by atoms with E-state index in [4.69, 9.17) is 10.5 Å². The van der Waals surface area contributed by atoms with Crippen molar-refractivity contribution >= 4 is 17.5 Å². The van der Waals surface area contributed by atoms with E-state index in [1.807, 2.05) is 4.90 Å². The zero-order valence-electron chi connectivity index (χ0n) is 18.7. The lowest BCUT2D eigenvalue weighted by molar-refractivity contribution is -0.274. The van der Waals surface area contributed by atoms with E-state index in [-0.39, 0.29) is 42.6 Å². The summed E-state index contributed by atoms with van der Waals surface area (Å²) in [6, 6.07) is 5.16. The Morgan fingerprint density at radius 2 is 1.94 bits per heavy atom. The second kappa shape index (κ2) is 8.64. The summed E-state index contributed by atoms with van der Waals surface area (Å²) in [5.74, 6) is -0.148. The largest absolute Gasteiger partial charge is 0.573 e. The standard InChI is InChI=1S/C24H28F3N3O4/c25-24(26,27)34-18-3-1-2-14(8-18)12-30-4-5-33-13-19(30)21(31)29-20-16-6-15-7-17(20)11-23(9-15,10-16)22(28)32/h1-3,8,15-17,19H,4-7,9-13H2,(H2,28,32). The van der Waals surface area contributed by atoms with E-state index in [0.717, 1.165) is 25.0 Å². The second-order valence-electron chi connectivity index (χ2n) is 10.1. The molecule has 3 unspecified atom stereocenters. The van der Waals surface area contributed by atoms with Gasteiger partial charge in [0.25, 0.3) is 5.91 Å². The van der Waals surface area contributed by atoms with Crippen molar-refractivity contribution in [3.05, 3.63) is 29.8 Å². The Labute approximate surface area is 195 Å². The first-order chi connectivity index (χ1) is 16.1. The topological polar surface area (TPSA) is 94.2 Å². The van der Waals surface area contributed by atoms with Crippen molar-refractivity contribution < 1.29 is 32.2 Å². The van der Waals surface area contributed by atoms with E-state index in [1.54, 1.807) is 6.07 Å². The molecule has 10 heteroatoms. The number of alkyl halides is 3. The number of halogens is 3. The molecular formula is C24H28F3N3O4. The molecule has 1 aliphatic heterocycles. The van der Waals surface area contributed by atoms with Gasteiger partial charge in [-0.3, -0.25) is 14.5 Å². The van der Waals surface area contributed by atoms with Crippen LogP contribution in [0.3, 0.4) is 0 Å². The third-order valence-corrected chi connectivity index (χ3v) is 7.83. The SMILES string of the molecule is NC(=O)C12CC3CC(C1)C(=NC(=O)C1COCCN1Cc1cccc(OC(F)(F)F)c1)C(C3)C2. The molecule has 0 spiro atoms. The number of primary amides is 1. The predicted octanol–water partition coefficient (Wildman–Crippen LogP) is 3.07. The van der Waals surface area contributed by atoms with Crippen molar-refractivity contribution in [2.45, 2.75) is 51.1 Å². The van der Waals surface area contributed by atoms with Gasteiger partial charge in [-0.05, 0) is 67.6 Å². The molecule has 5 aliphatic rings.